The lowest BCUT2D eigenvalue weighted by molar-refractivity contribution is -0.137. The van der Waals surface area contributed by atoms with E-state index in [4.69, 9.17) is 4.74 Å². The molecule has 0 aromatic heterocycles. The topological polar surface area (TPSA) is 75.7 Å². The monoisotopic (exact) mass is 562 g/mol. The van der Waals surface area contributed by atoms with Crippen LogP contribution < -0.4 is 5.32 Å². The number of fused-ring (bicyclic) bond motifs is 3. The Morgan fingerprint density at radius 2 is 1.46 bits per heavy atom. The fourth-order valence-electron chi connectivity index (χ4n) is 6.01. The number of carbonyl (C=O) groups excluding carboxylic acids is 1. The maximum Gasteiger partial charge on any atom is 0.342 e. The van der Waals surface area contributed by atoms with Gasteiger partial charge in [-0.3, -0.25) is 0 Å². The summed E-state index contributed by atoms with van der Waals surface area (Å²) >= 11 is 0. The minimum absolute atomic E-state index is 0.213. The summed E-state index contributed by atoms with van der Waals surface area (Å²) in [4.78, 5) is 14.0. The molecule has 7 heteroatoms. The molecule has 2 aliphatic heterocycles. The Bertz CT molecular complexity index is 1740. The number of esters is 1. The van der Waals surface area contributed by atoms with Gasteiger partial charge in [0, 0.05) is 17.8 Å². The predicted octanol–water partition coefficient (Wildman–Crippen LogP) is 5.91. The Morgan fingerprint density at radius 3 is 2.07 bits per heavy atom. The van der Waals surface area contributed by atoms with Crippen molar-refractivity contribution in [1.29, 1.82) is 0 Å². The molecule has 1 fully saturated rings. The lowest BCUT2D eigenvalue weighted by Gasteiger charge is -2.32. The highest BCUT2D eigenvalue weighted by atomic mass is 32.2. The zero-order chi connectivity index (χ0) is 28.6. The summed E-state index contributed by atoms with van der Waals surface area (Å²) in [6.45, 7) is 2.14. The van der Waals surface area contributed by atoms with Gasteiger partial charge in [0.25, 0.3) is 0 Å². The summed E-state index contributed by atoms with van der Waals surface area (Å²) in [5.41, 5.74) is 7.85. The number of rotatable bonds is 6. The Kier molecular flexibility index (Phi) is 6.88. The van der Waals surface area contributed by atoms with E-state index in [1.807, 2.05) is 91.9 Å². The van der Waals surface area contributed by atoms with Crippen LogP contribution >= 0.6 is 0 Å². The number of benzene rings is 4. The van der Waals surface area contributed by atoms with Crippen molar-refractivity contribution in [3.63, 3.8) is 0 Å². The van der Waals surface area contributed by atoms with Crippen LogP contribution in [0.25, 0.3) is 5.57 Å². The Balaban J connectivity index is 1.63. The molecule has 4 aromatic carbocycles. The number of sulfonamides is 1. The van der Waals surface area contributed by atoms with E-state index in [1.54, 1.807) is 24.3 Å². The second-order valence-corrected chi connectivity index (χ2v) is 12.2. The third-order valence-corrected chi connectivity index (χ3v) is 9.90. The molecule has 0 aliphatic carbocycles. The molecule has 0 radical (unpaired) electrons. The highest BCUT2D eigenvalue weighted by Gasteiger charge is 2.60. The Morgan fingerprint density at radius 1 is 0.878 bits per heavy atom. The SMILES string of the molecule is COC(=O)C(=C=C(c1ccccc1)c1ccccc1)C12CCN(S(=O)(=O)c3ccc(C)cc3)C1Nc1ccccc12. The molecule has 6 rings (SSSR count). The van der Waals surface area contributed by atoms with Gasteiger partial charge in [-0.15, -0.1) is 0 Å². The van der Waals surface area contributed by atoms with Crippen molar-refractivity contribution in [3.8, 4) is 0 Å². The molecule has 0 saturated carbocycles. The van der Waals surface area contributed by atoms with E-state index in [1.165, 1.54) is 11.4 Å². The largest absolute Gasteiger partial charge is 0.465 e. The van der Waals surface area contributed by atoms with Crippen LogP contribution in [-0.2, 0) is 25.0 Å². The van der Waals surface area contributed by atoms with E-state index >= 15 is 0 Å². The van der Waals surface area contributed by atoms with Crippen molar-refractivity contribution < 1.29 is 17.9 Å². The lowest BCUT2D eigenvalue weighted by atomic mass is 9.72. The zero-order valence-electron chi connectivity index (χ0n) is 22.9. The number of hydrogen-bond donors (Lipinski definition) is 1. The van der Waals surface area contributed by atoms with E-state index in [0.717, 1.165) is 33.5 Å². The quantitative estimate of drug-likeness (QED) is 0.180. The van der Waals surface area contributed by atoms with Crippen LogP contribution in [0, 0.1) is 6.92 Å². The van der Waals surface area contributed by atoms with Crippen LogP contribution in [0.5, 0.6) is 0 Å². The number of anilines is 1. The van der Waals surface area contributed by atoms with Crippen molar-refractivity contribution in [2.75, 3.05) is 19.0 Å². The standard InChI is InChI=1S/C34H30N2O4S/c1-24-17-19-27(20-18-24)41(38,39)36-22-21-34(29-15-9-10-16-31(29)35-33(34)36)30(32(37)40-2)23-28(25-11-5-3-6-12-25)26-13-7-4-8-14-26/h3-20,33,35H,21-22H2,1-2H3. The van der Waals surface area contributed by atoms with Gasteiger partial charge in [0.15, 0.2) is 0 Å². The summed E-state index contributed by atoms with van der Waals surface area (Å²) in [6, 6.07) is 34.1. The number of hydrogen-bond acceptors (Lipinski definition) is 5. The third-order valence-electron chi connectivity index (χ3n) is 8.02. The number of methoxy groups -OCH3 is 1. The van der Waals surface area contributed by atoms with Crippen LogP contribution in [0.1, 0.15) is 28.7 Å². The maximum absolute atomic E-state index is 14.0. The van der Waals surface area contributed by atoms with Gasteiger partial charge in [0.2, 0.25) is 10.0 Å². The predicted molar refractivity (Wildman–Crippen MR) is 160 cm³/mol. The number of aryl methyl sites for hydroxylation is 1. The van der Waals surface area contributed by atoms with Crippen LogP contribution in [-0.4, -0.2) is 38.5 Å². The molecule has 41 heavy (non-hydrogen) atoms. The highest BCUT2D eigenvalue weighted by Crippen LogP contribution is 2.54. The number of para-hydroxylation sites is 1. The molecule has 4 aromatic rings. The van der Waals surface area contributed by atoms with E-state index < -0.39 is 27.6 Å². The fraction of sp³-hybridized carbons (Fsp3) is 0.176. The molecule has 1 N–H and O–H groups in total. The van der Waals surface area contributed by atoms with Crippen molar-refractivity contribution in [2.24, 2.45) is 0 Å². The van der Waals surface area contributed by atoms with E-state index in [0.29, 0.717) is 6.42 Å². The van der Waals surface area contributed by atoms with Crippen LogP contribution in [0.4, 0.5) is 5.69 Å². The van der Waals surface area contributed by atoms with Gasteiger partial charge >= 0.3 is 5.97 Å². The number of nitrogens with one attached hydrogen (secondary N) is 1. The van der Waals surface area contributed by atoms with E-state index in [9.17, 15) is 13.2 Å². The maximum atomic E-state index is 14.0. The lowest BCUT2D eigenvalue weighted by Crippen LogP contribution is -2.48. The molecule has 206 valence electrons. The summed E-state index contributed by atoms with van der Waals surface area (Å²) in [6.07, 6.45) is -0.373. The molecule has 2 heterocycles. The van der Waals surface area contributed by atoms with Gasteiger partial charge < -0.3 is 10.1 Å². The molecular formula is C34H30N2O4S. The first kappa shape index (κ1) is 26.8. The molecule has 1 saturated heterocycles. The molecule has 2 aliphatic rings. The summed E-state index contributed by atoms with van der Waals surface area (Å²) in [5, 5.41) is 3.46. The van der Waals surface area contributed by atoms with E-state index in [-0.39, 0.29) is 17.0 Å². The second-order valence-electron chi connectivity index (χ2n) is 10.3. The van der Waals surface area contributed by atoms with Crippen molar-refractivity contribution >= 4 is 27.3 Å². The first-order chi connectivity index (χ1) is 19.9. The fourth-order valence-corrected chi connectivity index (χ4v) is 7.61. The second kappa shape index (κ2) is 10.5. The molecule has 2 unspecified atom stereocenters. The van der Waals surface area contributed by atoms with Crippen LogP contribution in [0.3, 0.4) is 0 Å². The molecular weight excluding hydrogens is 532 g/mol. The summed E-state index contributed by atoms with van der Waals surface area (Å²) in [7, 11) is -2.54. The minimum atomic E-state index is -3.89. The van der Waals surface area contributed by atoms with Crippen molar-refractivity contribution in [3.05, 3.63) is 143 Å². The first-order valence-corrected chi connectivity index (χ1v) is 15.0. The van der Waals surface area contributed by atoms with E-state index in [2.05, 4.69) is 11.0 Å². The average molecular weight is 563 g/mol. The van der Waals surface area contributed by atoms with Gasteiger partial charge in [-0.05, 0) is 48.2 Å². The van der Waals surface area contributed by atoms with Gasteiger partial charge in [0.05, 0.1) is 23.0 Å². The molecule has 0 amide bonds. The number of ether oxygens (including phenoxy) is 1. The minimum Gasteiger partial charge on any atom is -0.465 e. The van der Waals surface area contributed by atoms with Gasteiger partial charge in [-0.1, -0.05) is 102 Å². The molecule has 2 atom stereocenters. The molecule has 6 nitrogen and oxygen atoms in total. The zero-order valence-corrected chi connectivity index (χ0v) is 23.7. The average Bonchev–Trinajstić information content (AvgIpc) is 3.53. The first-order valence-electron chi connectivity index (χ1n) is 13.5. The van der Waals surface area contributed by atoms with Crippen LogP contribution in [0.2, 0.25) is 0 Å². The van der Waals surface area contributed by atoms with Gasteiger partial charge in [-0.2, -0.15) is 4.31 Å². The highest BCUT2D eigenvalue weighted by molar-refractivity contribution is 7.89. The molecule has 0 bridgehead atoms. The summed E-state index contributed by atoms with van der Waals surface area (Å²) < 4.78 is 35.0. The third kappa shape index (κ3) is 4.49. The van der Waals surface area contributed by atoms with Crippen molar-refractivity contribution in [1.82, 2.24) is 4.31 Å². The number of carbonyl (C=O) groups is 1. The van der Waals surface area contributed by atoms with Gasteiger partial charge in [0.1, 0.15) is 6.17 Å². The van der Waals surface area contributed by atoms with Crippen LogP contribution in [0.15, 0.2) is 125 Å². The Hall–Kier alpha value is -4.42. The van der Waals surface area contributed by atoms with Crippen molar-refractivity contribution in [2.45, 2.75) is 29.8 Å². The number of nitrogens with zero attached hydrogens (tertiary/aromatic N) is 1. The normalized spacial score (nSPS) is 19.4. The summed E-state index contributed by atoms with van der Waals surface area (Å²) in [5.74, 6) is -0.549. The van der Waals surface area contributed by atoms with Gasteiger partial charge in [-0.25, -0.2) is 13.2 Å². The molecule has 0 spiro atoms. The Labute approximate surface area is 240 Å². The smallest absolute Gasteiger partial charge is 0.342 e.